The lowest BCUT2D eigenvalue weighted by Crippen LogP contribution is -1.92. The number of anilines is 1. The zero-order valence-electron chi connectivity index (χ0n) is 10.6. The molecule has 4 heteroatoms. The van der Waals surface area contributed by atoms with Crippen LogP contribution in [-0.2, 0) is 0 Å². The van der Waals surface area contributed by atoms with E-state index in [2.05, 4.69) is 15.5 Å². The van der Waals surface area contributed by atoms with Gasteiger partial charge in [-0.2, -0.15) is 5.10 Å². The van der Waals surface area contributed by atoms with Crippen molar-refractivity contribution in [2.24, 2.45) is 5.10 Å². The van der Waals surface area contributed by atoms with Gasteiger partial charge in [-0.15, -0.1) is 0 Å². The lowest BCUT2D eigenvalue weighted by Gasteiger charge is -2.04. The fraction of sp³-hybridized carbons (Fsp3) is 0. The fourth-order valence-corrected chi connectivity index (χ4v) is 2.04. The molecule has 20 heavy (non-hydrogen) atoms. The van der Waals surface area contributed by atoms with E-state index in [0.29, 0.717) is 0 Å². The van der Waals surface area contributed by atoms with Crippen molar-refractivity contribution >= 4 is 34.4 Å². The van der Waals surface area contributed by atoms with Crippen LogP contribution in [0.2, 0.25) is 5.02 Å². The number of rotatable bonds is 3. The normalized spacial score (nSPS) is 11.1. The maximum absolute atomic E-state index is 5.84. The van der Waals surface area contributed by atoms with Gasteiger partial charge >= 0.3 is 0 Å². The largest absolute Gasteiger partial charge is 0.278 e. The van der Waals surface area contributed by atoms with E-state index < -0.39 is 0 Å². The van der Waals surface area contributed by atoms with Crippen molar-refractivity contribution in [2.45, 2.75) is 0 Å². The van der Waals surface area contributed by atoms with Crippen LogP contribution in [0.5, 0.6) is 0 Å². The van der Waals surface area contributed by atoms with Gasteiger partial charge in [0, 0.05) is 16.6 Å². The number of hydrogen-bond acceptors (Lipinski definition) is 3. The van der Waals surface area contributed by atoms with Crippen LogP contribution in [0.25, 0.3) is 10.9 Å². The number of para-hydroxylation sites is 1. The summed E-state index contributed by atoms with van der Waals surface area (Å²) in [6, 6.07) is 17.4. The van der Waals surface area contributed by atoms with Crippen LogP contribution in [0.4, 0.5) is 5.69 Å². The number of nitrogens with zero attached hydrogens (tertiary/aromatic N) is 2. The minimum Gasteiger partial charge on any atom is -0.278 e. The van der Waals surface area contributed by atoms with Gasteiger partial charge in [-0.1, -0.05) is 41.9 Å². The molecule has 0 saturated carbocycles. The molecule has 2 aromatic carbocycles. The van der Waals surface area contributed by atoms with Gasteiger partial charge in [0.05, 0.1) is 17.4 Å². The molecule has 0 unspecified atom stereocenters. The lowest BCUT2D eigenvalue weighted by molar-refractivity contribution is 1.33. The predicted octanol–water partition coefficient (Wildman–Crippen LogP) is 4.33. The van der Waals surface area contributed by atoms with Crippen molar-refractivity contribution in [3.05, 3.63) is 71.4 Å². The second-order valence-electron chi connectivity index (χ2n) is 4.30. The Hall–Kier alpha value is -2.39. The van der Waals surface area contributed by atoms with Gasteiger partial charge in [0.2, 0.25) is 0 Å². The number of nitrogens with one attached hydrogen (secondary N) is 1. The van der Waals surface area contributed by atoms with Crippen LogP contribution in [0, 0.1) is 0 Å². The number of benzene rings is 2. The van der Waals surface area contributed by atoms with Crippen LogP contribution < -0.4 is 5.43 Å². The quantitative estimate of drug-likeness (QED) is 0.573. The van der Waals surface area contributed by atoms with Crippen LogP contribution >= 0.6 is 11.6 Å². The Morgan fingerprint density at radius 3 is 2.65 bits per heavy atom. The van der Waals surface area contributed by atoms with E-state index in [0.717, 1.165) is 27.2 Å². The van der Waals surface area contributed by atoms with Crippen molar-refractivity contribution in [1.82, 2.24) is 4.98 Å². The highest BCUT2D eigenvalue weighted by atomic mass is 35.5. The molecule has 0 aliphatic heterocycles. The molecule has 0 fully saturated rings. The van der Waals surface area contributed by atoms with E-state index in [-0.39, 0.29) is 0 Å². The number of pyridine rings is 1. The van der Waals surface area contributed by atoms with Gasteiger partial charge in [0.15, 0.2) is 0 Å². The standard InChI is InChI=1S/C16H12ClN3/c17-13-7-5-12(6-8-13)11-19-20-16-9-10-18-15-4-2-1-3-14(15)16/h1-11H,(H,18,20). The maximum atomic E-state index is 5.84. The summed E-state index contributed by atoms with van der Waals surface area (Å²) in [5.41, 5.74) is 5.91. The highest BCUT2D eigenvalue weighted by Crippen LogP contribution is 2.20. The van der Waals surface area contributed by atoms with E-state index in [9.17, 15) is 0 Å². The first-order chi connectivity index (χ1) is 9.83. The summed E-state index contributed by atoms with van der Waals surface area (Å²) in [6.07, 6.45) is 3.52. The number of hydrogen-bond donors (Lipinski definition) is 1. The molecule has 3 rings (SSSR count). The number of halogens is 1. The smallest absolute Gasteiger partial charge is 0.0723 e. The number of hydrazone groups is 1. The first kappa shape index (κ1) is 12.6. The van der Waals surface area contributed by atoms with Gasteiger partial charge in [0.25, 0.3) is 0 Å². The Balaban J connectivity index is 1.81. The molecule has 1 aromatic heterocycles. The molecule has 0 saturated heterocycles. The number of fused-ring (bicyclic) bond motifs is 1. The molecule has 0 aliphatic rings. The molecular formula is C16H12ClN3. The average Bonchev–Trinajstić information content (AvgIpc) is 2.49. The Morgan fingerprint density at radius 1 is 1.00 bits per heavy atom. The Labute approximate surface area is 121 Å². The molecule has 0 radical (unpaired) electrons. The highest BCUT2D eigenvalue weighted by molar-refractivity contribution is 6.30. The molecule has 0 spiro atoms. The Kier molecular flexibility index (Phi) is 3.61. The first-order valence-electron chi connectivity index (χ1n) is 6.21. The first-order valence-corrected chi connectivity index (χ1v) is 6.59. The van der Waals surface area contributed by atoms with Crippen LogP contribution in [0.3, 0.4) is 0 Å². The molecule has 3 aromatic rings. The zero-order chi connectivity index (χ0) is 13.8. The summed E-state index contributed by atoms with van der Waals surface area (Å²) >= 11 is 5.84. The number of aromatic nitrogens is 1. The molecule has 1 heterocycles. The summed E-state index contributed by atoms with van der Waals surface area (Å²) in [7, 11) is 0. The zero-order valence-corrected chi connectivity index (χ0v) is 11.4. The van der Waals surface area contributed by atoms with E-state index in [1.165, 1.54) is 0 Å². The van der Waals surface area contributed by atoms with Gasteiger partial charge in [-0.05, 0) is 29.8 Å². The van der Waals surface area contributed by atoms with Crippen molar-refractivity contribution in [2.75, 3.05) is 5.43 Å². The van der Waals surface area contributed by atoms with Crippen LogP contribution in [-0.4, -0.2) is 11.2 Å². The third-order valence-corrected chi connectivity index (χ3v) is 3.17. The minimum absolute atomic E-state index is 0.718. The van der Waals surface area contributed by atoms with E-state index in [1.807, 2.05) is 54.6 Å². The molecule has 0 atom stereocenters. The van der Waals surface area contributed by atoms with Crippen molar-refractivity contribution in [3.8, 4) is 0 Å². The topological polar surface area (TPSA) is 37.3 Å². The average molecular weight is 282 g/mol. The molecule has 98 valence electrons. The Morgan fingerprint density at radius 2 is 1.80 bits per heavy atom. The van der Waals surface area contributed by atoms with Crippen molar-refractivity contribution in [1.29, 1.82) is 0 Å². The lowest BCUT2D eigenvalue weighted by atomic mass is 10.2. The second kappa shape index (κ2) is 5.72. The summed E-state index contributed by atoms with van der Waals surface area (Å²) in [4.78, 5) is 4.31. The third kappa shape index (κ3) is 2.78. The minimum atomic E-state index is 0.718. The maximum Gasteiger partial charge on any atom is 0.0723 e. The Bertz CT molecular complexity index is 746. The third-order valence-electron chi connectivity index (χ3n) is 2.92. The van der Waals surface area contributed by atoms with E-state index in [1.54, 1.807) is 12.4 Å². The van der Waals surface area contributed by atoms with E-state index in [4.69, 9.17) is 11.6 Å². The molecule has 0 bridgehead atoms. The van der Waals surface area contributed by atoms with Crippen molar-refractivity contribution < 1.29 is 0 Å². The molecule has 3 nitrogen and oxygen atoms in total. The molecule has 0 aliphatic carbocycles. The molecule has 1 N–H and O–H groups in total. The summed E-state index contributed by atoms with van der Waals surface area (Å²) in [6.45, 7) is 0. The SMILES string of the molecule is Clc1ccc(C=NNc2ccnc3ccccc23)cc1. The van der Waals surface area contributed by atoms with Gasteiger partial charge in [-0.3, -0.25) is 10.4 Å². The second-order valence-corrected chi connectivity index (χ2v) is 4.73. The van der Waals surface area contributed by atoms with Gasteiger partial charge in [-0.25, -0.2) is 0 Å². The summed E-state index contributed by atoms with van der Waals surface area (Å²) < 4.78 is 0. The summed E-state index contributed by atoms with van der Waals surface area (Å²) in [5, 5.41) is 6.01. The van der Waals surface area contributed by atoms with Crippen molar-refractivity contribution in [3.63, 3.8) is 0 Å². The van der Waals surface area contributed by atoms with Gasteiger partial charge in [0.1, 0.15) is 0 Å². The fourth-order valence-electron chi connectivity index (χ4n) is 1.92. The van der Waals surface area contributed by atoms with Crippen LogP contribution in [0.15, 0.2) is 65.9 Å². The monoisotopic (exact) mass is 281 g/mol. The van der Waals surface area contributed by atoms with E-state index >= 15 is 0 Å². The molecular weight excluding hydrogens is 270 g/mol. The summed E-state index contributed by atoms with van der Waals surface area (Å²) in [5.74, 6) is 0. The van der Waals surface area contributed by atoms with Gasteiger partial charge < -0.3 is 0 Å². The highest BCUT2D eigenvalue weighted by Gasteiger charge is 1.98. The predicted molar refractivity (Wildman–Crippen MR) is 84.4 cm³/mol. The van der Waals surface area contributed by atoms with Crippen LogP contribution in [0.1, 0.15) is 5.56 Å². The molecule has 0 amide bonds.